The maximum absolute atomic E-state index is 12.9. The molecule has 4 N–H and O–H groups in total. The number of aromatic nitrogens is 3. The Morgan fingerprint density at radius 1 is 1.19 bits per heavy atom. The first-order chi connectivity index (χ1) is 14.7. The molecule has 0 fully saturated rings. The number of nitrogens with one attached hydrogen (secondary N) is 2. The molecule has 11 heteroatoms. The maximum atomic E-state index is 12.9. The topological polar surface area (TPSA) is 131 Å². The number of halogens is 1. The van der Waals surface area contributed by atoms with E-state index in [1.807, 2.05) is 0 Å². The smallest absolute Gasteiger partial charge is 0.238 e. The van der Waals surface area contributed by atoms with Gasteiger partial charge in [-0.05, 0) is 48.4 Å². The number of sulfonamides is 1. The molecule has 0 aliphatic carbocycles. The highest BCUT2D eigenvalue weighted by Gasteiger charge is 2.13. The van der Waals surface area contributed by atoms with Gasteiger partial charge in [-0.3, -0.25) is 9.89 Å². The van der Waals surface area contributed by atoms with Crippen LogP contribution in [0.15, 0.2) is 58.6 Å². The Bertz CT molecular complexity index is 1180. The van der Waals surface area contributed by atoms with Crippen LogP contribution < -0.4 is 10.5 Å². The van der Waals surface area contributed by atoms with E-state index >= 15 is 0 Å². The lowest BCUT2D eigenvalue weighted by Gasteiger charge is -2.14. The molecule has 0 spiro atoms. The average Bonchev–Trinajstić information content (AvgIpc) is 3.19. The van der Waals surface area contributed by atoms with Gasteiger partial charge >= 0.3 is 0 Å². The normalized spacial score (nSPS) is 12.7. The number of amides is 1. The van der Waals surface area contributed by atoms with E-state index < -0.39 is 10.0 Å². The van der Waals surface area contributed by atoms with E-state index in [9.17, 15) is 17.6 Å². The Labute approximate surface area is 183 Å². The summed E-state index contributed by atoms with van der Waals surface area (Å²) >= 11 is 1.17. The third-order valence-corrected chi connectivity index (χ3v) is 5.98. The zero-order chi connectivity index (χ0) is 22.4. The highest BCUT2D eigenvalue weighted by Crippen LogP contribution is 2.17. The SMILES string of the molecule is CC(NC(=O)CSc1n[nH]c(/C=C/c2ccc(F)cc2)n1)c1ccc(S(N)(=O)=O)cc1. The lowest BCUT2D eigenvalue weighted by molar-refractivity contribution is -0.119. The van der Waals surface area contributed by atoms with E-state index in [1.54, 1.807) is 43.3 Å². The largest absolute Gasteiger partial charge is 0.349 e. The van der Waals surface area contributed by atoms with Crippen LogP contribution in [0.4, 0.5) is 4.39 Å². The van der Waals surface area contributed by atoms with Crippen LogP contribution in [0.3, 0.4) is 0 Å². The molecule has 1 amide bonds. The third kappa shape index (κ3) is 6.74. The number of thioether (sulfide) groups is 1. The summed E-state index contributed by atoms with van der Waals surface area (Å²) in [6.45, 7) is 1.79. The van der Waals surface area contributed by atoms with Crippen molar-refractivity contribution in [1.82, 2.24) is 20.5 Å². The summed E-state index contributed by atoms with van der Waals surface area (Å²) in [6.07, 6.45) is 3.47. The molecule has 0 saturated heterocycles. The number of hydrogen-bond acceptors (Lipinski definition) is 6. The van der Waals surface area contributed by atoms with Gasteiger partial charge in [0.25, 0.3) is 0 Å². The molecule has 3 rings (SSSR count). The molecule has 2 aromatic carbocycles. The van der Waals surface area contributed by atoms with Crippen LogP contribution in [0.5, 0.6) is 0 Å². The molecule has 1 heterocycles. The van der Waals surface area contributed by atoms with E-state index in [1.165, 1.54) is 36.0 Å². The summed E-state index contributed by atoms with van der Waals surface area (Å²) < 4.78 is 35.5. The molecule has 8 nitrogen and oxygen atoms in total. The number of nitrogens with zero attached hydrogens (tertiary/aromatic N) is 2. The van der Waals surface area contributed by atoms with E-state index in [-0.39, 0.29) is 28.4 Å². The first-order valence-corrected chi connectivity index (χ1v) is 11.6. The lowest BCUT2D eigenvalue weighted by atomic mass is 10.1. The fourth-order valence-corrected chi connectivity index (χ4v) is 3.72. The van der Waals surface area contributed by atoms with Crippen molar-refractivity contribution in [2.24, 2.45) is 5.14 Å². The van der Waals surface area contributed by atoms with Gasteiger partial charge < -0.3 is 5.32 Å². The van der Waals surface area contributed by atoms with Crippen molar-refractivity contribution in [2.75, 3.05) is 5.75 Å². The van der Waals surface area contributed by atoms with Gasteiger partial charge in [-0.2, -0.15) is 0 Å². The summed E-state index contributed by atoms with van der Waals surface area (Å²) in [5.41, 5.74) is 1.56. The third-order valence-electron chi connectivity index (χ3n) is 4.20. The van der Waals surface area contributed by atoms with Crippen molar-refractivity contribution in [3.63, 3.8) is 0 Å². The minimum absolute atomic E-state index is 0.0132. The van der Waals surface area contributed by atoms with Crippen LogP contribution in [-0.2, 0) is 14.8 Å². The Morgan fingerprint density at radius 3 is 2.52 bits per heavy atom. The number of carbonyl (C=O) groups excluding carboxylic acids is 1. The molecule has 162 valence electrons. The minimum atomic E-state index is -3.75. The Morgan fingerprint density at radius 2 is 1.87 bits per heavy atom. The summed E-state index contributed by atoms with van der Waals surface area (Å²) in [4.78, 5) is 16.5. The molecule has 3 aromatic rings. The predicted molar refractivity (Wildman–Crippen MR) is 117 cm³/mol. The van der Waals surface area contributed by atoms with Gasteiger partial charge in [0.1, 0.15) is 11.6 Å². The average molecular weight is 462 g/mol. The molecule has 1 unspecified atom stereocenters. The van der Waals surface area contributed by atoms with Gasteiger partial charge in [0.15, 0.2) is 0 Å². The zero-order valence-corrected chi connectivity index (χ0v) is 18.1. The van der Waals surface area contributed by atoms with E-state index in [0.29, 0.717) is 11.0 Å². The molecule has 1 atom stereocenters. The van der Waals surface area contributed by atoms with Crippen LogP contribution in [0.1, 0.15) is 29.9 Å². The second-order valence-corrected chi connectivity index (χ2v) is 9.08. The van der Waals surface area contributed by atoms with Crippen molar-refractivity contribution in [3.05, 3.63) is 71.3 Å². The predicted octanol–water partition coefficient (Wildman–Crippen LogP) is 2.73. The number of aromatic amines is 1. The molecule has 1 aromatic heterocycles. The number of benzene rings is 2. The quantitative estimate of drug-likeness (QED) is 0.442. The monoisotopic (exact) mass is 461 g/mol. The standard InChI is InChI=1S/C20H20FN5O3S2/c1-13(15-5-9-17(10-6-15)31(22,28)29)23-19(27)12-30-20-24-18(25-26-20)11-4-14-2-7-16(21)8-3-14/h2-11,13H,12H2,1H3,(H,23,27)(H2,22,28,29)(H,24,25,26)/b11-4+. The lowest BCUT2D eigenvalue weighted by Crippen LogP contribution is -2.28. The molecule has 31 heavy (non-hydrogen) atoms. The second kappa shape index (κ2) is 9.86. The van der Waals surface area contributed by atoms with Crippen LogP contribution in [0.25, 0.3) is 12.2 Å². The van der Waals surface area contributed by atoms with Gasteiger partial charge in [-0.1, -0.05) is 42.1 Å². The fourth-order valence-electron chi connectivity index (χ4n) is 2.59. The van der Waals surface area contributed by atoms with Crippen molar-refractivity contribution in [3.8, 4) is 0 Å². The number of hydrogen-bond donors (Lipinski definition) is 3. The number of nitrogens with two attached hydrogens (primary N) is 1. The minimum Gasteiger partial charge on any atom is -0.349 e. The molecule has 0 radical (unpaired) electrons. The Balaban J connectivity index is 1.50. The fraction of sp³-hybridized carbons (Fsp3) is 0.150. The van der Waals surface area contributed by atoms with E-state index in [4.69, 9.17) is 5.14 Å². The molecule has 0 bridgehead atoms. The van der Waals surface area contributed by atoms with Gasteiger partial charge in [0.05, 0.1) is 16.7 Å². The van der Waals surface area contributed by atoms with Crippen molar-refractivity contribution in [1.29, 1.82) is 0 Å². The van der Waals surface area contributed by atoms with Crippen molar-refractivity contribution >= 4 is 39.8 Å². The second-order valence-electron chi connectivity index (χ2n) is 6.58. The summed E-state index contributed by atoms with van der Waals surface area (Å²) in [5, 5.41) is 15.1. The highest BCUT2D eigenvalue weighted by molar-refractivity contribution is 7.99. The van der Waals surface area contributed by atoms with E-state index in [2.05, 4.69) is 20.5 Å². The van der Waals surface area contributed by atoms with Gasteiger partial charge in [0, 0.05) is 0 Å². The maximum Gasteiger partial charge on any atom is 0.238 e. The number of primary sulfonamides is 1. The summed E-state index contributed by atoms with van der Waals surface area (Å²) in [7, 11) is -3.75. The molecule has 0 saturated carbocycles. The highest BCUT2D eigenvalue weighted by atomic mass is 32.2. The molecule has 0 aliphatic heterocycles. The van der Waals surface area contributed by atoms with Crippen molar-refractivity contribution < 1.29 is 17.6 Å². The van der Waals surface area contributed by atoms with Gasteiger partial charge in [-0.25, -0.2) is 22.9 Å². The molecule has 0 aliphatic rings. The van der Waals surface area contributed by atoms with E-state index in [0.717, 1.165) is 11.1 Å². The number of H-pyrrole nitrogens is 1. The first kappa shape index (κ1) is 22.7. The Hall–Kier alpha value is -3.02. The summed E-state index contributed by atoms with van der Waals surface area (Å²) in [6, 6.07) is 11.7. The number of carbonyl (C=O) groups is 1. The summed E-state index contributed by atoms with van der Waals surface area (Å²) in [5.74, 6) is 0.0962. The Kier molecular flexibility index (Phi) is 7.21. The molecular weight excluding hydrogens is 441 g/mol. The van der Waals surface area contributed by atoms with Gasteiger partial charge in [0.2, 0.25) is 21.1 Å². The number of rotatable bonds is 8. The van der Waals surface area contributed by atoms with Crippen LogP contribution in [0.2, 0.25) is 0 Å². The van der Waals surface area contributed by atoms with Crippen LogP contribution in [0, 0.1) is 5.82 Å². The van der Waals surface area contributed by atoms with Gasteiger partial charge in [-0.15, -0.1) is 5.10 Å². The van der Waals surface area contributed by atoms with Crippen LogP contribution >= 0.6 is 11.8 Å². The first-order valence-electron chi connectivity index (χ1n) is 9.12. The van der Waals surface area contributed by atoms with Crippen molar-refractivity contribution in [2.45, 2.75) is 23.0 Å². The zero-order valence-electron chi connectivity index (χ0n) is 16.4. The molecular formula is C20H20FN5O3S2. The van der Waals surface area contributed by atoms with Crippen LogP contribution in [-0.4, -0.2) is 35.3 Å².